The van der Waals surface area contributed by atoms with Crippen LogP contribution in [0.2, 0.25) is 0 Å². The Balaban J connectivity index is -0.00000486. The Morgan fingerprint density at radius 3 is 1.31 bits per heavy atom. The van der Waals surface area contributed by atoms with E-state index in [0.717, 1.165) is 71.0 Å². The van der Waals surface area contributed by atoms with E-state index in [1.54, 1.807) is 0 Å². The molecule has 0 atom stereocenters. The van der Waals surface area contributed by atoms with Crippen molar-refractivity contribution in [2.75, 3.05) is 26.2 Å². The van der Waals surface area contributed by atoms with Crippen molar-refractivity contribution in [1.82, 2.24) is 4.90 Å². The van der Waals surface area contributed by atoms with Gasteiger partial charge < -0.3 is 14.4 Å². The molecule has 0 aliphatic heterocycles. The number of hydrogen-bond donors (Lipinski definition) is 0. The first kappa shape index (κ1) is 51.3. The molecule has 0 saturated carbocycles. The standard InChI is InChI=1S/C39H77NO4.2C2H6/c1-5-9-12-15-17-23-30-37(31-24-18-16-13-10-6-2)44-39(42)33-26-22-28-35-40(8-4)34-27-20-19-25-32-38(41)43-36-29-21-14-11-7-3;2*1-2/h37H,5-36H2,1-4H3;2*1-2H3. The zero-order valence-electron chi connectivity index (χ0n) is 34.3. The summed E-state index contributed by atoms with van der Waals surface area (Å²) in [5.41, 5.74) is 0. The van der Waals surface area contributed by atoms with Crippen molar-refractivity contribution in [3.8, 4) is 0 Å². The fraction of sp³-hybridized carbons (Fsp3) is 0.953. The van der Waals surface area contributed by atoms with E-state index in [1.807, 2.05) is 27.7 Å². The average molecular weight is 684 g/mol. The topological polar surface area (TPSA) is 55.8 Å². The average Bonchev–Trinajstić information content (AvgIpc) is 3.11. The molecule has 0 fully saturated rings. The summed E-state index contributed by atoms with van der Waals surface area (Å²) in [4.78, 5) is 27.1. The van der Waals surface area contributed by atoms with Gasteiger partial charge in [0.25, 0.3) is 0 Å². The molecule has 0 unspecified atom stereocenters. The van der Waals surface area contributed by atoms with Gasteiger partial charge in [0.05, 0.1) is 6.61 Å². The molecule has 0 aliphatic rings. The van der Waals surface area contributed by atoms with Crippen LogP contribution in [0.5, 0.6) is 0 Å². The van der Waals surface area contributed by atoms with Crippen LogP contribution in [0.4, 0.5) is 0 Å². The van der Waals surface area contributed by atoms with E-state index < -0.39 is 0 Å². The van der Waals surface area contributed by atoms with E-state index in [4.69, 9.17) is 9.47 Å². The number of hydrogen-bond acceptors (Lipinski definition) is 5. The fourth-order valence-electron chi connectivity index (χ4n) is 5.94. The third-order valence-electron chi connectivity index (χ3n) is 8.98. The molecule has 0 bridgehead atoms. The van der Waals surface area contributed by atoms with Gasteiger partial charge in [-0.3, -0.25) is 9.59 Å². The van der Waals surface area contributed by atoms with Gasteiger partial charge in [-0.25, -0.2) is 0 Å². The Morgan fingerprint density at radius 1 is 0.458 bits per heavy atom. The van der Waals surface area contributed by atoms with E-state index in [9.17, 15) is 9.59 Å². The third-order valence-corrected chi connectivity index (χ3v) is 8.98. The SMILES string of the molecule is CC.CC.CCCCCCCCC(CCCCCCCC)OC(=O)CCCCCN(CC)CCCCCCC(=O)OCCCCCCC. The van der Waals surface area contributed by atoms with Crippen LogP contribution in [0.15, 0.2) is 0 Å². The minimum atomic E-state index is -0.0225. The maximum absolute atomic E-state index is 12.7. The molecule has 0 aromatic carbocycles. The number of ether oxygens (including phenoxy) is 2. The molecule has 0 aliphatic carbocycles. The highest BCUT2D eigenvalue weighted by atomic mass is 16.5. The molecule has 48 heavy (non-hydrogen) atoms. The highest BCUT2D eigenvalue weighted by molar-refractivity contribution is 5.69. The van der Waals surface area contributed by atoms with E-state index in [1.165, 1.54) is 116 Å². The van der Waals surface area contributed by atoms with Crippen molar-refractivity contribution in [3.05, 3.63) is 0 Å². The largest absolute Gasteiger partial charge is 0.466 e. The molecular formula is C43H89NO4. The van der Waals surface area contributed by atoms with E-state index in [-0.39, 0.29) is 18.0 Å². The first-order valence-corrected chi connectivity index (χ1v) is 21.6. The second kappa shape index (κ2) is 45.9. The van der Waals surface area contributed by atoms with Crippen molar-refractivity contribution < 1.29 is 19.1 Å². The quantitative estimate of drug-likeness (QED) is 0.0491. The number of unbranched alkanes of at least 4 members (excludes halogenated alkanes) is 19. The minimum Gasteiger partial charge on any atom is -0.466 e. The summed E-state index contributed by atoms with van der Waals surface area (Å²) in [6, 6.07) is 0. The first-order valence-electron chi connectivity index (χ1n) is 21.6. The monoisotopic (exact) mass is 684 g/mol. The second-order valence-corrected chi connectivity index (χ2v) is 13.3. The van der Waals surface area contributed by atoms with Gasteiger partial charge in [0.2, 0.25) is 0 Å². The van der Waals surface area contributed by atoms with Crippen LogP contribution in [0.1, 0.15) is 235 Å². The zero-order valence-corrected chi connectivity index (χ0v) is 34.3. The van der Waals surface area contributed by atoms with Gasteiger partial charge in [0.15, 0.2) is 0 Å². The molecule has 0 aromatic rings. The lowest BCUT2D eigenvalue weighted by Gasteiger charge is -2.20. The zero-order chi connectivity index (χ0) is 36.4. The lowest BCUT2D eigenvalue weighted by molar-refractivity contribution is -0.150. The van der Waals surface area contributed by atoms with Crippen molar-refractivity contribution in [1.29, 1.82) is 0 Å². The van der Waals surface area contributed by atoms with E-state index >= 15 is 0 Å². The maximum Gasteiger partial charge on any atom is 0.306 e. The Labute approximate surface area is 302 Å². The Hall–Kier alpha value is -1.10. The van der Waals surface area contributed by atoms with Crippen LogP contribution in [0.25, 0.3) is 0 Å². The van der Waals surface area contributed by atoms with E-state index in [2.05, 4.69) is 32.6 Å². The molecule has 0 spiro atoms. The molecule has 0 saturated heterocycles. The summed E-state index contributed by atoms with van der Waals surface area (Å²) < 4.78 is 11.4. The molecule has 0 amide bonds. The van der Waals surface area contributed by atoms with Gasteiger partial charge in [-0.1, -0.05) is 165 Å². The molecule has 0 aromatic heterocycles. The highest BCUT2D eigenvalue weighted by Crippen LogP contribution is 2.18. The predicted molar refractivity (Wildman–Crippen MR) is 212 cm³/mol. The number of carbonyl (C=O) groups excluding carboxylic acids is 2. The Bertz CT molecular complexity index is 596. The fourth-order valence-corrected chi connectivity index (χ4v) is 5.94. The van der Waals surface area contributed by atoms with Gasteiger partial charge in [-0.15, -0.1) is 0 Å². The van der Waals surface area contributed by atoms with Crippen molar-refractivity contribution in [2.45, 2.75) is 241 Å². The molecule has 0 rings (SSSR count). The summed E-state index contributed by atoms with van der Waals surface area (Å²) in [7, 11) is 0. The normalized spacial score (nSPS) is 10.8. The number of carbonyl (C=O) groups is 2. The van der Waals surface area contributed by atoms with Crippen LogP contribution < -0.4 is 0 Å². The summed E-state index contributed by atoms with van der Waals surface area (Å²) in [5, 5.41) is 0. The highest BCUT2D eigenvalue weighted by Gasteiger charge is 2.14. The van der Waals surface area contributed by atoms with Crippen molar-refractivity contribution in [2.24, 2.45) is 0 Å². The van der Waals surface area contributed by atoms with E-state index in [0.29, 0.717) is 19.4 Å². The molecule has 290 valence electrons. The molecular weight excluding hydrogens is 594 g/mol. The van der Waals surface area contributed by atoms with Crippen LogP contribution in [-0.2, 0) is 19.1 Å². The van der Waals surface area contributed by atoms with Crippen LogP contribution in [-0.4, -0.2) is 49.2 Å². The molecule has 5 nitrogen and oxygen atoms in total. The molecule has 0 N–H and O–H groups in total. The van der Waals surface area contributed by atoms with Gasteiger partial charge in [-0.2, -0.15) is 0 Å². The van der Waals surface area contributed by atoms with Gasteiger partial charge in [0, 0.05) is 12.8 Å². The second-order valence-electron chi connectivity index (χ2n) is 13.3. The van der Waals surface area contributed by atoms with Gasteiger partial charge >= 0.3 is 11.9 Å². The smallest absolute Gasteiger partial charge is 0.306 e. The summed E-state index contributed by atoms with van der Waals surface area (Å²) in [5.74, 6) is 0.000794. The lowest BCUT2D eigenvalue weighted by Crippen LogP contribution is -2.25. The van der Waals surface area contributed by atoms with Crippen LogP contribution in [0.3, 0.4) is 0 Å². The number of esters is 2. The van der Waals surface area contributed by atoms with Gasteiger partial charge in [-0.05, 0) is 77.4 Å². The maximum atomic E-state index is 12.7. The minimum absolute atomic E-state index is 0.0225. The summed E-state index contributed by atoms with van der Waals surface area (Å²) in [6.45, 7) is 20.9. The molecule has 5 heteroatoms. The first-order chi connectivity index (χ1) is 23.6. The number of nitrogens with zero attached hydrogens (tertiary/aromatic N) is 1. The third kappa shape index (κ3) is 41.1. The Kier molecular flexibility index (Phi) is 49.0. The lowest BCUT2D eigenvalue weighted by atomic mass is 10.0. The van der Waals surface area contributed by atoms with Crippen molar-refractivity contribution >= 4 is 11.9 Å². The summed E-state index contributed by atoms with van der Waals surface area (Å²) >= 11 is 0. The predicted octanol–water partition coefficient (Wildman–Crippen LogP) is 13.8. The summed E-state index contributed by atoms with van der Waals surface area (Å²) in [6.07, 6.45) is 32.3. The number of rotatable bonds is 35. The molecule has 0 heterocycles. The molecule has 0 radical (unpaired) electrons. The van der Waals surface area contributed by atoms with Gasteiger partial charge in [0.1, 0.15) is 6.10 Å². The van der Waals surface area contributed by atoms with Crippen LogP contribution >= 0.6 is 0 Å². The van der Waals surface area contributed by atoms with Crippen LogP contribution in [0, 0.1) is 0 Å². The Morgan fingerprint density at radius 2 is 0.833 bits per heavy atom. The van der Waals surface area contributed by atoms with Crippen molar-refractivity contribution in [3.63, 3.8) is 0 Å².